The van der Waals surface area contributed by atoms with Crippen LogP contribution >= 0.6 is 0 Å². The molecule has 0 amide bonds. The van der Waals surface area contributed by atoms with E-state index in [0.29, 0.717) is 5.82 Å². The minimum Gasteiger partial charge on any atom is -0.400 e. The number of nitrogens with two attached hydrogens (primary N) is 1. The minimum atomic E-state index is -0.420. The van der Waals surface area contributed by atoms with Crippen LogP contribution in [0.25, 0.3) is 6.08 Å². The Labute approximate surface area is 112 Å². The predicted molar refractivity (Wildman–Crippen MR) is 76.6 cm³/mol. The Hall–Kier alpha value is -1.53. The van der Waals surface area contributed by atoms with E-state index in [1.807, 2.05) is 27.7 Å². The highest BCUT2D eigenvalue weighted by Gasteiger charge is 2.49. The van der Waals surface area contributed by atoms with Gasteiger partial charge in [-0.05, 0) is 33.8 Å². The van der Waals surface area contributed by atoms with Gasteiger partial charge in [-0.1, -0.05) is 12.1 Å². The van der Waals surface area contributed by atoms with Gasteiger partial charge in [0.05, 0.1) is 11.2 Å². The lowest BCUT2D eigenvalue weighted by Crippen LogP contribution is -2.41. The van der Waals surface area contributed by atoms with Crippen molar-refractivity contribution in [2.75, 3.05) is 5.73 Å². The van der Waals surface area contributed by atoms with Gasteiger partial charge in [0.2, 0.25) is 5.56 Å². The highest BCUT2D eigenvalue weighted by atomic mass is 16.7. The summed E-state index contributed by atoms with van der Waals surface area (Å²) in [6, 6.07) is 3.09. The molecule has 0 saturated carbocycles. The number of aromatic amines is 1. The summed E-state index contributed by atoms with van der Waals surface area (Å²) >= 11 is 0. The van der Waals surface area contributed by atoms with E-state index in [2.05, 4.69) is 4.98 Å². The van der Waals surface area contributed by atoms with E-state index in [9.17, 15) is 4.79 Å². The first-order chi connectivity index (χ1) is 8.71. The zero-order chi connectivity index (χ0) is 14.3. The Bertz CT molecular complexity index is 547. The smallest absolute Gasteiger partial charge is 0.400 e. The van der Waals surface area contributed by atoms with Gasteiger partial charge >= 0.3 is 7.12 Å². The molecule has 1 saturated heterocycles. The van der Waals surface area contributed by atoms with Crippen LogP contribution < -0.4 is 11.3 Å². The van der Waals surface area contributed by atoms with Crippen LogP contribution in [-0.2, 0) is 9.31 Å². The molecule has 19 heavy (non-hydrogen) atoms. The molecule has 6 heteroatoms. The maximum absolute atomic E-state index is 11.1. The standard InChI is InChI=1S/C13H19BN2O3/c1-12(2)13(3,4)19-14(18-12)8-7-9-5-6-10(17)16-11(9)15/h5-8H,1-4H3,(H3,15,16,17)/b8-7+. The van der Waals surface area contributed by atoms with E-state index < -0.39 is 7.12 Å². The Morgan fingerprint density at radius 1 is 1.21 bits per heavy atom. The Balaban J connectivity index is 2.15. The topological polar surface area (TPSA) is 77.3 Å². The summed E-state index contributed by atoms with van der Waals surface area (Å²) in [6.07, 6.45) is 1.79. The summed E-state index contributed by atoms with van der Waals surface area (Å²) in [5, 5.41) is 0. The van der Waals surface area contributed by atoms with Gasteiger partial charge in [-0.2, -0.15) is 0 Å². The molecule has 1 aliphatic heterocycles. The van der Waals surface area contributed by atoms with E-state index in [1.54, 1.807) is 18.1 Å². The van der Waals surface area contributed by atoms with Gasteiger partial charge in [-0.3, -0.25) is 4.79 Å². The molecule has 0 unspecified atom stereocenters. The minimum absolute atomic E-state index is 0.217. The quantitative estimate of drug-likeness (QED) is 0.793. The number of hydrogen-bond donors (Lipinski definition) is 2. The first kappa shape index (κ1) is 13.9. The number of anilines is 1. The number of pyridine rings is 1. The zero-order valence-corrected chi connectivity index (χ0v) is 11.7. The molecule has 2 heterocycles. The van der Waals surface area contributed by atoms with Gasteiger partial charge in [0, 0.05) is 11.6 Å². The lowest BCUT2D eigenvalue weighted by atomic mass is 9.89. The van der Waals surface area contributed by atoms with Crippen LogP contribution in [0.3, 0.4) is 0 Å². The Morgan fingerprint density at radius 3 is 2.32 bits per heavy atom. The molecule has 0 aliphatic carbocycles. The molecule has 0 bridgehead atoms. The van der Waals surface area contributed by atoms with Gasteiger partial charge in [0.25, 0.3) is 0 Å². The number of H-pyrrole nitrogens is 1. The molecule has 1 aliphatic rings. The summed E-state index contributed by atoms with van der Waals surface area (Å²) in [6.45, 7) is 7.98. The van der Waals surface area contributed by atoms with Crippen molar-refractivity contribution in [2.24, 2.45) is 0 Å². The molecule has 1 aromatic heterocycles. The number of nitrogens with one attached hydrogen (secondary N) is 1. The molecule has 0 spiro atoms. The summed E-state index contributed by atoms with van der Waals surface area (Å²) in [5.74, 6) is 2.13. The third-order valence-corrected chi connectivity index (χ3v) is 3.69. The predicted octanol–water partition coefficient (Wildman–Crippen LogP) is 1.60. The first-order valence-corrected chi connectivity index (χ1v) is 6.24. The van der Waals surface area contributed by atoms with Crippen LogP contribution in [0, 0.1) is 0 Å². The number of nitrogen functional groups attached to an aromatic ring is 1. The molecule has 1 fully saturated rings. The van der Waals surface area contributed by atoms with Crippen molar-refractivity contribution < 1.29 is 9.31 Å². The molecule has 0 atom stereocenters. The van der Waals surface area contributed by atoms with Crippen LogP contribution in [0.1, 0.15) is 33.3 Å². The number of rotatable bonds is 2. The van der Waals surface area contributed by atoms with E-state index >= 15 is 0 Å². The highest BCUT2D eigenvalue weighted by Crippen LogP contribution is 2.37. The van der Waals surface area contributed by atoms with Crippen LogP contribution in [0.15, 0.2) is 22.9 Å². The van der Waals surface area contributed by atoms with Crippen LogP contribution in [0.2, 0.25) is 0 Å². The molecular weight excluding hydrogens is 243 g/mol. The van der Waals surface area contributed by atoms with Gasteiger partial charge in [-0.25, -0.2) is 0 Å². The fourth-order valence-electron chi connectivity index (χ4n) is 1.80. The van der Waals surface area contributed by atoms with Crippen molar-refractivity contribution >= 4 is 19.0 Å². The van der Waals surface area contributed by atoms with Gasteiger partial charge in [0.15, 0.2) is 0 Å². The van der Waals surface area contributed by atoms with Crippen LogP contribution in [0.5, 0.6) is 0 Å². The molecule has 0 aromatic carbocycles. The van der Waals surface area contributed by atoms with E-state index in [4.69, 9.17) is 15.0 Å². The molecule has 1 aromatic rings. The summed E-state index contributed by atoms with van der Waals surface area (Å²) in [5.41, 5.74) is 5.51. The van der Waals surface area contributed by atoms with E-state index in [-0.39, 0.29) is 16.8 Å². The Kier molecular flexibility index (Phi) is 3.32. The lowest BCUT2D eigenvalue weighted by molar-refractivity contribution is 0.00578. The normalized spacial score (nSPS) is 21.2. The first-order valence-electron chi connectivity index (χ1n) is 6.24. The fraction of sp³-hybridized carbons (Fsp3) is 0.462. The van der Waals surface area contributed by atoms with Crippen molar-refractivity contribution in [3.05, 3.63) is 34.0 Å². The van der Waals surface area contributed by atoms with Crippen LogP contribution in [-0.4, -0.2) is 23.3 Å². The van der Waals surface area contributed by atoms with E-state index in [0.717, 1.165) is 5.56 Å². The van der Waals surface area contributed by atoms with Crippen molar-refractivity contribution in [1.82, 2.24) is 4.98 Å². The van der Waals surface area contributed by atoms with E-state index in [1.165, 1.54) is 6.07 Å². The average molecular weight is 262 g/mol. The third kappa shape index (κ3) is 2.74. The highest BCUT2D eigenvalue weighted by molar-refractivity contribution is 6.52. The lowest BCUT2D eigenvalue weighted by Gasteiger charge is -2.32. The summed E-state index contributed by atoms with van der Waals surface area (Å²) in [4.78, 5) is 13.6. The van der Waals surface area contributed by atoms with Crippen molar-refractivity contribution in [2.45, 2.75) is 38.9 Å². The van der Waals surface area contributed by atoms with Crippen molar-refractivity contribution in [1.29, 1.82) is 0 Å². The molecule has 3 N–H and O–H groups in total. The maximum atomic E-state index is 11.1. The largest absolute Gasteiger partial charge is 0.487 e. The van der Waals surface area contributed by atoms with Gasteiger partial charge in [0.1, 0.15) is 5.82 Å². The molecule has 2 rings (SSSR count). The molecule has 102 valence electrons. The summed E-state index contributed by atoms with van der Waals surface area (Å²) in [7, 11) is -0.420. The number of hydrogen-bond acceptors (Lipinski definition) is 4. The number of aromatic nitrogens is 1. The van der Waals surface area contributed by atoms with Crippen molar-refractivity contribution in [3.63, 3.8) is 0 Å². The second-order valence-corrected chi connectivity index (χ2v) is 5.68. The van der Waals surface area contributed by atoms with Crippen molar-refractivity contribution in [3.8, 4) is 0 Å². The van der Waals surface area contributed by atoms with Gasteiger partial charge in [-0.15, -0.1) is 0 Å². The third-order valence-electron chi connectivity index (χ3n) is 3.69. The maximum Gasteiger partial charge on any atom is 0.487 e. The molecule has 0 radical (unpaired) electrons. The second-order valence-electron chi connectivity index (χ2n) is 5.68. The summed E-state index contributed by atoms with van der Waals surface area (Å²) < 4.78 is 11.7. The Morgan fingerprint density at radius 2 is 1.79 bits per heavy atom. The zero-order valence-electron chi connectivity index (χ0n) is 11.7. The monoisotopic (exact) mass is 262 g/mol. The average Bonchev–Trinajstić information content (AvgIpc) is 2.46. The fourth-order valence-corrected chi connectivity index (χ4v) is 1.80. The SMILES string of the molecule is CC1(C)OB(/C=C/c2ccc(=O)[nH]c2N)OC1(C)C. The van der Waals surface area contributed by atoms with Crippen LogP contribution in [0.4, 0.5) is 5.82 Å². The molecule has 5 nitrogen and oxygen atoms in total. The second kappa shape index (κ2) is 4.54. The van der Waals surface area contributed by atoms with Gasteiger partial charge < -0.3 is 20.0 Å². The molecular formula is C13H19BN2O3.